The van der Waals surface area contributed by atoms with E-state index in [9.17, 15) is 0 Å². The van der Waals surface area contributed by atoms with Crippen LogP contribution in [0.15, 0.2) is 17.2 Å². The smallest absolute Gasteiger partial charge is 0.223 e. The van der Waals surface area contributed by atoms with Gasteiger partial charge in [-0.3, -0.25) is 0 Å². The molecule has 0 aliphatic rings. The molecular weight excluding hydrogens is 234 g/mol. The van der Waals surface area contributed by atoms with Crippen molar-refractivity contribution in [3.05, 3.63) is 24.4 Å². The number of aromatic nitrogens is 6. The van der Waals surface area contributed by atoms with Gasteiger partial charge in [-0.05, 0) is 0 Å². The topological polar surface area (TPSA) is 96.6 Å². The van der Waals surface area contributed by atoms with Gasteiger partial charge in [-0.1, -0.05) is 5.16 Å². The fraction of sp³-hybridized carbons (Fsp3) is 0.300. The zero-order chi connectivity index (χ0) is 12.5. The summed E-state index contributed by atoms with van der Waals surface area (Å²) in [5, 5.41) is 3.85. The summed E-state index contributed by atoms with van der Waals surface area (Å²) in [4.78, 5) is 21.5. The molecule has 92 valence electrons. The predicted molar refractivity (Wildman–Crippen MR) is 62.8 cm³/mol. The molecule has 0 saturated carbocycles. The predicted octanol–water partition coefficient (Wildman–Crippen LogP) is 0.681. The van der Waals surface area contributed by atoms with E-state index in [0.717, 1.165) is 11.3 Å². The highest BCUT2D eigenvalue weighted by Gasteiger charge is 2.13. The van der Waals surface area contributed by atoms with Crippen molar-refractivity contribution in [2.75, 3.05) is 11.9 Å². The Bertz CT molecular complexity index is 673. The summed E-state index contributed by atoms with van der Waals surface area (Å²) >= 11 is 0. The molecule has 0 unspecified atom stereocenters. The second-order valence-electron chi connectivity index (χ2n) is 3.88. The molecule has 8 nitrogen and oxygen atoms in total. The van der Waals surface area contributed by atoms with Crippen LogP contribution in [0.5, 0.6) is 0 Å². The lowest BCUT2D eigenvalue weighted by Crippen LogP contribution is -2.19. The van der Waals surface area contributed by atoms with E-state index in [4.69, 9.17) is 4.52 Å². The van der Waals surface area contributed by atoms with Crippen molar-refractivity contribution in [3.63, 3.8) is 0 Å². The number of hydrogen-bond acceptors (Lipinski definition) is 7. The number of rotatable bonds is 3. The van der Waals surface area contributed by atoms with E-state index < -0.39 is 0 Å². The zero-order valence-electron chi connectivity index (χ0n) is 9.95. The third kappa shape index (κ3) is 1.77. The number of imidazole rings is 1. The summed E-state index contributed by atoms with van der Waals surface area (Å²) in [6, 6.07) is 0. The number of nitrogens with zero attached hydrogens (tertiary/aromatic N) is 6. The van der Waals surface area contributed by atoms with Gasteiger partial charge < -0.3 is 14.4 Å². The average Bonchev–Trinajstić information content (AvgIpc) is 2.97. The second kappa shape index (κ2) is 4.06. The van der Waals surface area contributed by atoms with Gasteiger partial charge in [0.15, 0.2) is 17.3 Å². The lowest BCUT2D eigenvalue weighted by Gasteiger charge is -2.15. The van der Waals surface area contributed by atoms with E-state index in [1.54, 1.807) is 13.3 Å². The van der Waals surface area contributed by atoms with Gasteiger partial charge >= 0.3 is 0 Å². The number of anilines is 1. The fourth-order valence-electron chi connectivity index (χ4n) is 1.73. The van der Waals surface area contributed by atoms with Crippen molar-refractivity contribution in [1.29, 1.82) is 0 Å². The first-order valence-corrected chi connectivity index (χ1v) is 5.38. The van der Waals surface area contributed by atoms with Gasteiger partial charge in [0, 0.05) is 14.0 Å². The maximum absolute atomic E-state index is 4.93. The Morgan fingerprint density at radius 3 is 3.00 bits per heavy atom. The Morgan fingerprint density at radius 1 is 1.33 bits per heavy atom. The van der Waals surface area contributed by atoms with Crippen LogP contribution < -0.4 is 4.90 Å². The Morgan fingerprint density at radius 2 is 2.22 bits per heavy atom. The maximum atomic E-state index is 4.93. The van der Waals surface area contributed by atoms with Crippen LogP contribution in [0.25, 0.3) is 11.2 Å². The SMILES string of the molecule is Cc1nc(CN(C)c2ncnc3nc[nH]c23)no1. The third-order valence-corrected chi connectivity index (χ3v) is 2.51. The largest absolute Gasteiger partial charge is 0.350 e. The molecule has 0 saturated heterocycles. The highest BCUT2D eigenvalue weighted by atomic mass is 16.5. The number of aryl methyl sites for hydroxylation is 1. The molecule has 0 bridgehead atoms. The minimum atomic E-state index is 0.502. The quantitative estimate of drug-likeness (QED) is 0.724. The molecule has 0 atom stereocenters. The Balaban J connectivity index is 1.92. The van der Waals surface area contributed by atoms with Crippen molar-refractivity contribution in [2.45, 2.75) is 13.5 Å². The van der Waals surface area contributed by atoms with E-state index in [1.165, 1.54) is 6.33 Å². The van der Waals surface area contributed by atoms with Crippen LogP contribution in [-0.4, -0.2) is 37.1 Å². The third-order valence-electron chi connectivity index (χ3n) is 2.51. The van der Waals surface area contributed by atoms with E-state index in [-0.39, 0.29) is 0 Å². The second-order valence-corrected chi connectivity index (χ2v) is 3.88. The lowest BCUT2D eigenvalue weighted by atomic mass is 10.4. The fourth-order valence-corrected chi connectivity index (χ4v) is 1.73. The van der Waals surface area contributed by atoms with Gasteiger partial charge in [0.1, 0.15) is 11.8 Å². The summed E-state index contributed by atoms with van der Waals surface area (Å²) in [5.74, 6) is 1.91. The molecule has 0 aliphatic carbocycles. The van der Waals surface area contributed by atoms with Crippen LogP contribution in [0.3, 0.4) is 0 Å². The first-order chi connectivity index (χ1) is 8.74. The highest BCUT2D eigenvalue weighted by molar-refractivity contribution is 5.82. The molecule has 0 fully saturated rings. The number of fused-ring (bicyclic) bond motifs is 1. The van der Waals surface area contributed by atoms with Crippen molar-refractivity contribution >= 4 is 17.0 Å². The summed E-state index contributed by atoms with van der Waals surface area (Å²) in [7, 11) is 1.90. The van der Waals surface area contributed by atoms with Crippen LogP contribution in [0.2, 0.25) is 0 Å². The van der Waals surface area contributed by atoms with Gasteiger partial charge in [-0.25, -0.2) is 15.0 Å². The van der Waals surface area contributed by atoms with Gasteiger partial charge in [-0.2, -0.15) is 4.98 Å². The number of aromatic amines is 1. The van der Waals surface area contributed by atoms with Crippen molar-refractivity contribution < 1.29 is 4.52 Å². The maximum Gasteiger partial charge on any atom is 0.223 e. The summed E-state index contributed by atoms with van der Waals surface area (Å²) in [6.45, 7) is 2.26. The van der Waals surface area contributed by atoms with Gasteiger partial charge in [0.05, 0.1) is 12.9 Å². The van der Waals surface area contributed by atoms with Gasteiger partial charge in [0.25, 0.3) is 0 Å². The minimum Gasteiger partial charge on any atom is -0.350 e. The van der Waals surface area contributed by atoms with Crippen LogP contribution in [0.1, 0.15) is 11.7 Å². The van der Waals surface area contributed by atoms with Gasteiger partial charge in [-0.15, -0.1) is 0 Å². The molecule has 3 heterocycles. The number of H-pyrrole nitrogens is 1. The van der Waals surface area contributed by atoms with Crippen LogP contribution in [0.4, 0.5) is 5.82 Å². The van der Waals surface area contributed by atoms with E-state index in [1.807, 2.05) is 11.9 Å². The molecule has 0 radical (unpaired) electrons. The molecule has 18 heavy (non-hydrogen) atoms. The molecule has 8 heteroatoms. The Hall–Kier alpha value is -2.51. The molecule has 3 rings (SSSR count). The van der Waals surface area contributed by atoms with E-state index in [0.29, 0.717) is 23.9 Å². The molecule has 1 N–H and O–H groups in total. The van der Waals surface area contributed by atoms with Crippen molar-refractivity contribution in [2.24, 2.45) is 0 Å². The molecule has 0 aromatic carbocycles. The van der Waals surface area contributed by atoms with Crippen molar-refractivity contribution in [3.8, 4) is 0 Å². The first kappa shape index (κ1) is 10.6. The summed E-state index contributed by atoms with van der Waals surface area (Å²) in [5.41, 5.74) is 1.43. The zero-order valence-corrected chi connectivity index (χ0v) is 9.95. The van der Waals surface area contributed by atoms with Gasteiger partial charge in [0.2, 0.25) is 5.89 Å². The number of nitrogens with one attached hydrogen (secondary N) is 1. The van der Waals surface area contributed by atoms with Crippen LogP contribution in [0, 0.1) is 6.92 Å². The molecule has 3 aromatic rings. The van der Waals surface area contributed by atoms with E-state index in [2.05, 4.69) is 30.1 Å². The van der Waals surface area contributed by atoms with Crippen LogP contribution in [-0.2, 0) is 6.54 Å². The molecule has 0 aliphatic heterocycles. The molecule has 0 amide bonds. The molecule has 0 spiro atoms. The first-order valence-electron chi connectivity index (χ1n) is 5.38. The highest BCUT2D eigenvalue weighted by Crippen LogP contribution is 2.19. The monoisotopic (exact) mass is 245 g/mol. The van der Waals surface area contributed by atoms with Crippen molar-refractivity contribution in [1.82, 2.24) is 30.1 Å². The Labute approximate surface area is 102 Å². The minimum absolute atomic E-state index is 0.502. The van der Waals surface area contributed by atoms with Crippen LogP contribution >= 0.6 is 0 Å². The standard InChI is InChI=1S/C10H11N7O/c1-6-15-7(16-18-6)3-17(2)10-8-9(12-4-11-8)13-5-14-10/h4-5H,3H2,1-2H3,(H,11,12,13,14). The van der Waals surface area contributed by atoms with E-state index >= 15 is 0 Å². The summed E-state index contributed by atoms with van der Waals surface area (Å²) in [6.07, 6.45) is 3.08. The Kier molecular flexibility index (Phi) is 2.40. The molecule has 3 aromatic heterocycles. The normalized spacial score (nSPS) is 11.0. The lowest BCUT2D eigenvalue weighted by molar-refractivity contribution is 0.387. The average molecular weight is 245 g/mol. The number of hydrogen-bond donors (Lipinski definition) is 1. The summed E-state index contributed by atoms with van der Waals surface area (Å²) < 4.78 is 4.93. The molecular formula is C10H11N7O.